The molecule has 0 atom stereocenters. The Morgan fingerprint density at radius 1 is 1.37 bits per heavy atom. The van der Waals surface area contributed by atoms with E-state index in [9.17, 15) is 8.42 Å². The lowest BCUT2D eigenvalue weighted by Gasteiger charge is -2.15. The van der Waals surface area contributed by atoms with Crippen LogP contribution >= 0.6 is 11.6 Å². The summed E-state index contributed by atoms with van der Waals surface area (Å²) >= 11 is 5.71. The number of hydrogen-bond acceptors (Lipinski definition) is 3. The molecule has 0 radical (unpaired) electrons. The molecule has 0 aromatic heterocycles. The Kier molecular flexibility index (Phi) is 4.50. The van der Waals surface area contributed by atoms with Crippen molar-refractivity contribution in [3.05, 3.63) is 29.8 Å². The number of hydrogen-bond donors (Lipinski definition) is 2. The smallest absolute Gasteiger partial charge is 0.240 e. The summed E-state index contributed by atoms with van der Waals surface area (Å²) in [6.45, 7) is 0.491. The first kappa shape index (κ1) is 14.8. The summed E-state index contributed by atoms with van der Waals surface area (Å²) < 4.78 is 27.0. The van der Waals surface area contributed by atoms with Gasteiger partial charge in [-0.15, -0.1) is 11.6 Å². The van der Waals surface area contributed by atoms with Gasteiger partial charge in [0, 0.05) is 19.0 Å². The minimum atomic E-state index is -3.49. The lowest BCUT2D eigenvalue weighted by atomic mass is 10.0. The van der Waals surface area contributed by atoms with Crippen molar-refractivity contribution in [2.45, 2.75) is 30.0 Å². The van der Waals surface area contributed by atoms with Gasteiger partial charge >= 0.3 is 0 Å². The number of alkyl halides is 1. The van der Waals surface area contributed by atoms with Gasteiger partial charge in [0.1, 0.15) is 0 Å². The van der Waals surface area contributed by atoms with E-state index in [1.165, 1.54) is 0 Å². The molecule has 106 valence electrons. The van der Waals surface area contributed by atoms with Gasteiger partial charge in [0.05, 0.1) is 4.90 Å². The summed E-state index contributed by atoms with van der Waals surface area (Å²) in [5.74, 6) is 0.289. The van der Waals surface area contributed by atoms with Gasteiger partial charge < -0.3 is 5.11 Å². The third kappa shape index (κ3) is 3.69. The first-order chi connectivity index (χ1) is 9.01. The Hall–Kier alpha value is -0.620. The van der Waals surface area contributed by atoms with Gasteiger partial charge in [0.2, 0.25) is 10.0 Å². The van der Waals surface area contributed by atoms with Crippen molar-refractivity contribution < 1.29 is 13.5 Å². The average Bonchev–Trinajstić information content (AvgIpc) is 3.18. The molecule has 0 amide bonds. The number of benzene rings is 1. The molecule has 2 rings (SSSR count). The fraction of sp³-hybridized carbons (Fsp3) is 0.538. The van der Waals surface area contributed by atoms with Crippen LogP contribution in [0.1, 0.15) is 24.8 Å². The van der Waals surface area contributed by atoms with Gasteiger partial charge in [-0.05, 0) is 42.4 Å². The summed E-state index contributed by atoms with van der Waals surface area (Å²) in [6, 6.07) is 6.62. The highest BCUT2D eigenvalue weighted by molar-refractivity contribution is 7.89. The van der Waals surface area contributed by atoms with Gasteiger partial charge in [-0.25, -0.2) is 13.1 Å². The molecule has 6 heteroatoms. The molecule has 0 unspecified atom stereocenters. The van der Waals surface area contributed by atoms with E-state index in [4.69, 9.17) is 16.7 Å². The third-order valence-corrected chi connectivity index (χ3v) is 5.31. The Labute approximate surface area is 118 Å². The second kappa shape index (κ2) is 5.79. The maximum atomic E-state index is 12.2. The normalized spacial score (nSPS) is 17.4. The predicted octanol–water partition coefficient (Wildman–Crippen LogP) is 1.87. The molecule has 1 saturated carbocycles. The second-order valence-corrected chi connectivity index (χ2v) is 7.11. The summed E-state index contributed by atoms with van der Waals surface area (Å²) in [5, 5.41) is 8.96. The van der Waals surface area contributed by atoms with Crippen molar-refractivity contribution in [3.63, 3.8) is 0 Å². The zero-order chi connectivity index (χ0) is 13.9. The molecule has 1 aromatic carbocycles. The van der Waals surface area contributed by atoms with Crippen molar-refractivity contribution in [1.29, 1.82) is 0 Å². The molecule has 1 aromatic rings. The van der Waals surface area contributed by atoms with Gasteiger partial charge in [0.25, 0.3) is 0 Å². The third-order valence-electron chi connectivity index (χ3n) is 3.60. The molecule has 4 nitrogen and oxygen atoms in total. The topological polar surface area (TPSA) is 66.4 Å². The molecular weight excluding hydrogens is 286 g/mol. The number of sulfonamides is 1. The van der Waals surface area contributed by atoms with Gasteiger partial charge in [-0.2, -0.15) is 0 Å². The van der Waals surface area contributed by atoms with Crippen molar-refractivity contribution >= 4 is 21.6 Å². The van der Waals surface area contributed by atoms with Gasteiger partial charge in [0.15, 0.2) is 0 Å². The van der Waals surface area contributed by atoms with E-state index in [-0.39, 0.29) is 22.8 Å². The van der Waals surface area contributed by atoms with Crippen molar-refractivity contribution in [2.24, 2.45) is 5.41 Å². The van der Waals surface area contributed by atoms with Crippen LogP contribution in [0.25, 0.3) is 0 Å². The van der Waals surface area contributed by atoms with Gasteiger partial charge in [-0.3, -0.25) is 0 Å². The zero-order valence-electron chi connectivity index (χ0n) is 10.6. The summed E-state index contributed by atoms with van der Waals surface area (Å²) in [7, 11) is -3.49. The van der Waals surface area contributed by atoms with Crippen molar-refractivity contribution in [1.82, 2.24) is 4.72 Å². The summed E-state index contributed by atoms with van der Waals surface area (Å²) in [5.41, 5.74) is 0.743. The average molecular weight is 304 g/mol. The van der Waals surface area contributed by atoms with Crippen LogP contribution in [0.2, 0.25) is 0 Å². The highest BCUT2D eigenvalue weighted by Gasteiger charge is 2.42. The predicted molar refractivity (Wildman–Crippen MR) is 74.6 cm³/mol. The Bertz CT molecular complexity index is 541. The maximum absolute atomic E-state index is 12.2. The first-order valence-electron chi connectivity index (χ1n) is 6.27. The minimum Gasteiger partial charge on any atom is -0.396 e. The number of halogens is 1. The number of nitrogens with one attached hydrogen (secondary N) is 1. The Balaban J connectivity index is 2.05. The molecule has 0 heterocycles. The van der Waals surface area contributed by atoms with Crippen LogP contribution in [0.15, 0.2) is 29.2 Å². The molecule has 0 spiro atoms. The number of aliphatic hydroxyl groups excluding tert-OH is 1. The van der Waals surface area contributed by atoms with E-state index in [1.54, 1.807) is 24.3 Å². The summed E-state index contributed by atoms with van der Waals surface area (Å²) in [6.07, 6.45) is 2.59. The van der Waals surface area contributed by atoms with E-state index in [2.05, 4.69) is 4.72 Å². The van der Waals surface area contributed by atoms with Gasteiger partial charge in [-0.1, -0.05) is 12.1 Å². The first-order valence-corrected chi connectivity index (χ1v) is 8.29. The van der Waals surface area contributed by atoms with E-state index < -0.39 is 10.0 Å². The maximum Gasteiger partial charge on any atom is 0.240 e. The van der Waals surface area contributed by atoms with Crippen LogP contribution in [0.5, 0.6) is 0 Å². The van der Waals surface area contributed by atoms with Crippen LogP contribution in [0.4, 0.5) is 0 Å². The second-order valence-electron chi connectivity index (χ2n) is 5.08. The molecule has 19 heavy (non-hydrogen) atoms. The van der Waals surface area contributed by atoms with E-state index in [1.807, 2.05) is 0 Å². The lowest BCUT2D eigenvalue weighted by Crippen LogP contribution is -2.30. The molecule has 1 aliphatic carbocycles. The largest absolute Gasteiger partial charge is 0.396 e. The summed E-state index contributed by atoms with van der Waals surface area (Å²) in [4.78, 5) is 0.241. The molecular formula is C13H18ClNO3S. The van der Waals surface area contributed by atoms with Crippen LogP contribution < -0.4 is 4.72 Å². The fourth-order valence-electron chi connectivity index (χ4n) is 2.06. The molecule has 1 aliphatic rings. The Morgan fingerprint density at radius 2 is 2.11 bits per heavy atom. The zero-order valence-corrected chi connectivity index (χ0v) is 12.2. The van der Waals surface area contributed by atoms with Crippen LogP contribution in [-0.4, -0.2) is 26.7 Å². The van der Waals surface area contributed by atoms with E-state index in [0.29, 0.717) is 13.0 Å². The molecule has 0 saturated heterocycles. The highest BCUT2D eigenvalue weighted by Crippen LogP contribution is 2.48. The molecule has 2 N–H and O–H groups in total. The monoisotopic (exact) mass is 303 g/mol. The van der Waals surface area contributed by atoms with Crippen molar-refractivity contribution in [2.75, 3.05) is 13.2 Å². The highest BCUT2D eigenvalue weighted by atomic mass is 35.5. The van der Waals surface area contributed by atoms with Crippen LogP contribution in [-0.2, 0) is 15.9 Å². The standard InChI is InChI=1S/C13H18ClNO3S/c14-9-11-2-1-3-12(8-11)19(17,18)15-10-13(4-5-13)6-7-16/h1-3,8,15-16H,4-7,9-10H2. The quantitative estimate of drug-likeness (QED) is 0.756. The van der Waals surface area contributed by atoms with Crippen LogP contribution in [0, 0.1) is 5.41 Å². The van der Waals surface area contributed by atoms with E-state index >= 15 is 0 Å². The minimum absolute atomic E-state index is 0.0358. The van der Waals surface area contributed by atoms with Crippen LogP contribution in [0.3, 0.4) is 0 Å². The molecule has 0 aliphatic heterocycles. The molecule has 0 bridgehead atoms. The Morgan fingerprint density at radius 3 is 2.68 bits per heavy atom. The van der Waals surface area contributed by atoms with E-state index in [0.717, 1.165) is 18.4 Å². The number of rotatable bonds is 7. The lowest BCUT2D eigenvalue weighted by molar-refractivity contribution is 0.249. The van der Waals surface area contributed by atoms with Crippen molar-refractivity contribution in [3.8, 4) is 0 Å². The SMILES string of the molecule is O=S(=O)(NCC1(CCO)CC1)c1cccc(CCl)c1. The fourth-order valence-corrected chi connectivity index (χ4v) is 3.45. The number of aliphatic hydroxyl groups is 1. The molecule has 1 fully saturated rings.